The van der Waals surface area contributed by atoms with Crippen molar-refractivity contribution in [1.29, 1.82) is 0 Å². The first kappa shape index (κ1) is 13.3. The van der Waals surface area contributed by atoms with E-state index in [-0.39, 0.29) is 6.04 Å². The molecule has 0 spiro atoms. The van der Waals surface area contributed by atoms with Gasteiger partial charge in [0.05, 0.1) is 5.69 Å². The van der Waals surface area contributed by atoms with E-state index < -0.39 is 0 Å². The van der Waals surface area contributed by atoms with E-state index in [1.165, 1.54) is 11.1 Å². The van der Waals surface area contributed by atoms with Crippen LogP contribution in [0.5, 0.6) is 0 Å². The Hall–Kier alpha value is -2.69. The fourth-order valence-corrected chi connectivity index (χ4v) is 2.29. The molecule has 0 radical (unpaired) electrons. The number of aryl methyl sites for hydroxylation is 1. The number of aromatic nitrogens is 4. The van der Waals surface area contributed by atoms with Crippen molar-refractivity contribution in [1.82, 2.24) is 20.2 Å². The van der Waals surface area contributed by atoms with Crippen molar-refractivity contribution in [3.05, 3.63) is 66.0 Å². The van der Waals surface area contributed by atoms with Crippen molar-refractivity contribution < 1.29 is 0 Å². The number of nitrogens with one attached hydrogen (secondary N) is 1. The predicted octanol–water partition coefficient (Wildman–Crippen LogP) is 3.14. The Morgan fingerprint density at radius 3 is 2.71 bits per heavy atom. The Labute approximate surface area is 123 Å². The van der Waals surface area contributed by atoms with Gasteiger partial charge < -0.3 is 5.32 Å². The molecule has 1 atom stereocenters. The molecule has 1 unspecified atom stereocenters. The highest BCUT2D eigenvalue weighted by Gasteiger charge is 2.06. The Balaban J connectivity index is 1.80. The number of hydrogen-bond acceptors (Lipinski definition) is 4. The van der Waals surface area contributed by atoms with E-state index in [0.717, 1.165) is 11.4 Å². The van der Waals surface area contributed by atoms with Gasteiger partial charge in [-0.3, -0.25) is 0 Å². The molecule has 3 aromatic rings. The minimum atomic E-state index is 0.231. The number of nitrogens with zero attached hydrogens (tertiary/aromatic N) is 4. The summed E-state index contributed by atoms with van der Waals surface area (Å²) in [5.41, 5.74) is 4.50. The summed E-state index contributed by atoms with van der Waals surface area (Å²) in [5.74, 6) is 0. The largest absolute Gasteiger partial charge is 0.378 e. The Morgan fingerprint density at radius 1 is 1.10 bits per heavy atom. The smallest absolute Gasteiger partial charge is 0.143 e. The summed E-state index contributed by atoms with van der Waals surface area (Å²) < 4.78 is 1.64. The highest BCUT2D eigenvalue weighted by molar-refractivity contribution is 5.52. The van der Waals surface area contributed by atoms with Crippen LogP contribution in [0, 0.1) is 6.92 Å². The lowest BCUT2D eigenvalue weighted by atomic mass is 10.1. The minimum Gasteiger partial charge on any atom is -0.378 e. The lowest BCUT2D eigenvalue weighted by Crippen LogP contribution is -2.07. The molecule has 0 aliphatic heterocycles. The van der Waals surface area contributed by atoms with E-state index in [1.807, 2.05) is 24.3 Å². The zero-order chi connectivity index (χ0) is 14.7. The average Bonchev–Trinajstić information content (AvgIpc) is 3.02. The molecule has 1 N–H and O–H groups in total. The molecule has 1 heterocycles. The van der Waals surface area contributed by atoms with E-state index in [0.29, 0.717) is 0 Å². The van der Waals surface area contributed by atoms with E-state index >= 15 is 0 Å². The van der Waals surface area contributed by atoms with Gasteiger partial charge in [0.25, 0.3) is 0 Å². The third-order valence-corrected chi connectivity index (χ3v) is 3.39. The molecule has 1 aromatic heterocycles. The number of tetrazole rings is 1. The van der Waals surface area contributed by atoms with Crippen LogP contribution in [0.1, 0.15) is 24.1 Å². The van der Waals surface area contributed by atoms with Crippen LogP contribution in [0.4, 0.5) is 5.69 Å². The number of hydrogen-bond donors (Lipinski definition) is 1. The van der Waals surface area contributed by atoms with Crippen LogP contribution < -0.4 is 5.32 Å². The molecule has 0 saturated heterocycles. The lowest BCUT2D eigenvalue weighted by molar-refractivity contribution is 0.788. The third-order valence-electron chi connectivity index (χ3n) is 3.39. The number of benzene rings is 2. The van der Waals surface area contributed by atoms with Gasteiger partial charge in [0.1, 0.15) is 6.33 Å². The topological polar surface area (TPSA) is 55.6 Å². The van der Waals surface area contributed by atoms with Crippen LogP contribution in [0.3, 0.4) is 0 Å². The van der Waals surface area contributed by atoms with Crippen LogP contribution in [0.2, 0.25) is 0 Å². The summed E-state index contributed by atoms with van der Waals surface area (Å²) in [7, 11) is 0. The zero-order valence-corrected chi connectivity index (χ0v) is 12.1. The standard InChI is InChI=1S/C16H17N5/c1-12-5-3-6-14(9-12)13(2)18-15-7-4-8-16(10-15)21-11-17-19-20-21/h3-11,13,18H,1-2H3. The first-order valence-electron chi connectivity index (χ1n) is 6.89. The second kappa shape index (κ2) is 5.75. The summed E-state index contributed by atoms with van der Waals surface area (Å²) in [4.78, 5) is 0. The van der Waals surface area contributed by atoms with E-state index in [9.17, 15) is 0 Å². The Morgan fingerprint density at radius 2 is 1.95 bits per heavy atom. The monoisotopic (exact) mass is 279 g/mol. The van der Waals surface area contributed by atoms with Crippen LogP contribution in [-0.4, -0.2) is 20.2 Å². The molecule has 0 bridgehead atoms. The van der Waals surface area contributed by atoms with Crippen molar-refractivity contribution >= 4 is 5.69 Å². The fourth-order valence-electron chi connectivity index (χ4n) is 2.29. The van der Waals surface area contributed by atoms with Gasteiger partial charge in [-0.05, 0) is 48.0 Å². The molecule has 2 aromatic carbocycles. The fraction of sp³-hybridized carbons (Fsp3) is 0.188. The first-order chi connectivity index (χ1) is 10.2. The van der Waals surface area contributed by atoms with Gasteiger partial charge in [-0.25, -0.2) is 4.68 Å². The summed E-state index contributed by atoms with van der Waals surface area (Å²) in [6.45, 7) is 4.26. The molecular formula is C16H17N5. The van der Waals surface area contributed by atoms with Crippen LogP contribution >= 0.6 is 0 Å². The molecule has 0 aliphatic rings. The van der Waals surface area contributed by atoms with Crippen molar-refractivity contribution in [3.63, 3.8) is 0 Å². The highest BCUT2D eigenvalue weighted by Crippen LogP contribution is 2.21. The molecular weight excluding hydrogens is 262 g/mol. The summed E-state index contributed by atoms with van der Waals surface area (Å²) >= 11 is 0. The van der Waals surface area contributed by atoms with Gasteiger partial charge in [0, 0.05) is 11.7 Å². The molecule has 3 rings (SSSR count). The molecule has 106 valence electrons. The average molecular weight is 279 g/mol. The number of anilines is 1. The maximum atomic E-state index is 3.90. The van der Waals surface area contributed by atoms with E-state index in [1.54, 1.807) is 11.0 Å². The Kier molecular flexibility index (Phi) is 3.64. The van der Waals surface area contributed by atoms with Crippen LogP contribution in [-0.2, 0) is 0 Å². The van der Waals surface area contributed by atoms with Crippen molar-refractivity contribution in [2.24, 2.45) is 0 Å². The van der Waals surface area contributed by atoms with Crippen molar-refractivity contribution in [2.75, 3.05) is 5.32 Å². The van der Waals surface area contributed by atoms with Gasteiger partial charge in [0.15, 0.2) is 0 Å². The molecule has 0 fully saturated rings. The van der Waals surface area contributed by atoms with E-state index in [2.05, 4.69) is 59.0 Å². The second-order valence-electron chi connectivity index (χ2n) is 5.08. The van der Waals surface area contributed by atoms with Gasteiger partial charge in [-0.1, -0.05) is 35.9 Å². The summed E-state index contributed by atoms with van der Waals surface area (Å²) in [6, 6.07) is 16.8. The molecule has 0 saturated carbocycles. The van der Waals surface area contributed by atoms with Gasteiger partial charge in [0.2, 0.25) is 0 Å². The maximum absolute atomic E-state index is 3.90. The van der Waals surface area contributed by atoms with Crippen LogP contribution in [0.25, 0.3) is 5.69 Å². The summed E-state index contributed by atoms with van der Waals surface area (Å²) in [6.07, 6.45) is 1.59. The normalized spacial score (nSPS) is 12.1. The second-order valence-corrected chi connectivity index (χ2v) is 5.08. The zero-order valence-electron chi connectivity index (χ0n) is 12.1. The molecule has 5 heteroatoms. The SMILES string of the molecule is Cc1cccc(C(C)Nc2cccc(-n3cnnn3)c2)c1. The Bertz CT molecular complexity index is 721. The van der Waals surface area contributed by atoms with Crippen molar-refractivity contribution in [2.45, 2.75) is 19.9 Å². The van der Waals surface area contributed by atoms with Gasteiger partial charge >= 0.3 is 0 Å². The summed E-state index contributed by atoms with van der Waals surface area (Å²) in [5, 5.41) is 14.7. The van der Waals surface area contributed by atoms with Crippen molar-refractivity contribution in [3.8, 4) is 5.69 Å². The first-order valence-corrected chi connectivity index (χ1v) is 6.89. The maximum Gasteiger partial charge on any atom is 0.143 e. The highest BCUT2D eigenvalue weighted by atomic mass is 15.5. The third kappa shape index (κ3) is 3.08. The molecule has 0 amide bonds. The predicted molar refractivity (Wildman–Crippen MR) is 82.4 cm³/mol. The minimum absolute atomic E-state index is 0.231. The molecule has 21 heavy (non-hydrogen) atoms. The van der Waals surface area contributed by atoms with Gasteiger partial charge in [-0.15, -0.1) is 5.10 Å². The van der Waals surface area contributed by atoms with Gasteiger partial charge in [-0.2, -0.15) is 0 Å². The number of rotatable bonds is 4. The van der Waals surface area contributed by atoms with E-state index in [4.69, 9.17) is 0 Å². The van der Waals surface area contributed by atoms with Crippen LogP contribution in [0.15, 0.2) is 54.9 Å². The molecule has 0 aliphatic carbocycles. The lowest BCUT2D eigenvalue weighted by Gasteiger charge is -2.16. The molecule has 5 nitrogen and oxygen atoms in total. The quantitative estimate of drug-likeness (QED) is 0.797.